The van der Waals surface area contributed by atoms with Crippen LogP contribution in [0.15, 0.2) is 43.1 Å². The van der Waals surface area contributed by atoms with Gasteiger partial charge < -0.3 is 25.4 Å². The van der Waals surface area contributed by atoms with Gasteiger partial charge in [-0.1, -0.05) is 20.4 Å². The van der Waals surface area contributed by atoms with Gasteiger partial charge in [0.25, 0.3) is 0 Å². The molecular formula is C23H32FN5O3. The zero-order valence-electron chi connectivity index (χ0n) is 18.9. The van der Waals surface area contributed by atoms with E-state index in [2.05, 4.69) is 32.5 Å². The van der Waals surface area contributed by atoms with Crippen LogP contribution in [0.3, 0.4) is 0 Å². The molecule has 0 aliphatic rings. The van der Waals surface area contributed by atoms with Crippen molar-refractivity contribution in [1.29, 1.82) is 0 Å². The normalized spacial score (nSPS) is 12.5. The first kappa shape index (κ1) is 25.1. The number of ether oxygens (including phenoxy) is 2. The van der Waals surface area contributed by atoms with Gasteiger partial charge in [0.1, 0.15) is 12.4 Å². The predicted molar refractivity (Wildman–Crippen MR) is 124 cm³/mol. The fourth-order valence-electron chi connectivity index (χ4n) is 2.99. The molecule has 0 aliphatic heterocycles. The van der Waals surface area contributed by atoms with E-state index in [9.17, 15) is 9.18 Å². The number of carbonyl (C=O) groups excluding carboxylic acids is 1. The number of nitrogens with zero attached hydrogens (tertiary/aromatic N) is 2. The molecular weight excluding hydrogens is 413 g/mol. The Morgan fingerprint density at radius 3 is 2.53 bits per heavy atom. The molecule has 2 unspecified atom stereocenters. The minimum Gasteiger partial charge on any atom is -0.491 e. The van der Waals surface area contributed by atoms with E-state index in [-0.39, 0.29) is 29.8 Å². The van der Waals surface area contributed by atoms with E-state index in [0.717, 1.165) is 30.5 Å². The van der Waals surface area contributed by atoms with Crippen molar-refractivity contribution in [2.45, 2.75) is 45.2 Å². The molecule has 2 aromatic rings. The molecule has 0 saturated heterocycles. The fourth-order valence-corrected chi connectivity index (χ4v) is 2.99. The zero-order chi connectivity index (χ0) is 23.3. The van der Waals surface area contributed by atoms with Gasteiger partial charge in [-0.05, 0) is 49.6 Å². The third kappa shape index (κ3) is 8.14. The second kappa shape index (κ2) is 13.3. The minimum absolute atomic E-state index is 0.0509. The molecule has 174 valence electrons. The van der Waals surface area contributed by atoms with Crippen molar-refractivity contribution >= 4 is 23.4 Å². The van der Waals surface area contributed by atoms with Gasteiger partial charge in [-0.15, -0.1) is 0 Å². The summed E-state index contributed by atoms with van der Waals surface area (Å²) in [5.74, 6) is 0.331. The Bertz CT molecular complexity index is 863. The number of nitrogens with one attached hydrogen (secondary N) is 3. The lowest BCUT2D eigenvalue weighted by Crippen LogP contribution is -2.37. The number of aromatic nitrogens is 2. The maximum absolute atomic E-state index is 14.4. The van der Waals surface area contributed by atoms with Gasteiger partial charge in [0.15, 0.2) is 11.6 Å². The number of benzene rings is 1. The third-order valence-corrected chi connectivity index (χ3v) is 4.84. The van der Waals surface area contributed by atoms with Crippen molar-refractivity contribution in [2.24, 2.45) is 0 Å². The average Bonchev–Trinajstić information content (AvgIpc) is 2.81. The van der Waals surface area contributed by atoms with Crippen molar-refractivity contribution in [1.82, 2.24) is 15.3 Å². The first-order chi connectivity index (χ1) is 15.5. The lowest BCUT2D eigenvalue weighted by atomic mass is 10.0. The van der Waals surface area contributed by atoms with Crippen LogP contribution >= 0.6 is 0 Å². The zero-order valence-corrected chi connectivity index (χ0v) is 18.9. The third-order valence-electron chi connectivity index (χ3n) is 4.84. The second-order valence-electron chi connectivity index (χ2n) is 7.18. The van der Waals surface area contributed by atoms with E-state index in [1.54, 1.807) is 7.11 Å². The number of hydrogen-bond donors (Lipinski definition) is 3. The summed E-state index contributed by atoms with van der Waals surface area (Å²) in [5, 5.41) is 9.10. The Morgan fingerprint density at radius 1 is 1.19 bits per heavy atom. The molecule has 0 bridgehead atoms. The van der Waals surface area contributed by atoms with E-state index in [1.807, 2.05) is 38.1 Å². The number of methoxy groups -OCH3 is 1. The molecule has 1 aromatic heterocycles. The van der Waals surface area contributed by atoms with Crippen LogP contribution in [0.25, 0.3) is 0 Å². The molecule has 2 rings (SSSR count). The number of anilines is 3. The summed E-state index contributed by atoms with van der Waals surface area (Å²) in [6.45, 7) is 8.44. The first-order valence-electron chi connectivity index (χ1n) is 10.7. The van der Waals surface area contributed by atoms with Gasteiger partial charge in [-0.25, -0.2) is 9.37 Å². The van der Waals surface area contributed by atoms with Crippen LogP contribution in [0, 0.1) is 5.82 Å². The van der Waals surface area contributed by atoms with Crippen molar-refractivity contribution in [3.05, 3.63) is 48.9 Å². The number of carbonyl (C=O) groups is 1. The van der Waals surface area contributed by atoms with E-state index >= 15 is 0 Å². The smallest absolute Gasteiger partial charge is 0.243 e. The van der Waals surface area contributed by atoms with E-state index in [4.69, 9.17) is 9.47 Å². The quantitative estimate of drug-likeness (QED) is 0.298. The molecule has 1 amide bonds. The van der Waals surface area contributed by atoms with Crippen molar-refractivity contribution < 1.29 is 18.7 Å². The highest BCUT2D eigenvalue weighted by molar-refractivity contribution is 5.87. The molecule has 0 fully saturated rings. The summed E-state index contributed by atoms with van der Waals surface area (Å²) in [6.07, 6.45) is 4.49. The second-order valence-corrected chi connectivity index (χ2v) is 7.18. The molecule has 3 N–H and O–H groups in total. The van der Waals surface area contributed by atoms with Crippen molar-refractivity contribution in [3.8, 4) is 5.75 Å². The summed E-state index contributed by atoms with van der Waals surface area (Å²) in [7, 11) is 1.62. The van der Waals surface area contributed by atoms with Gasteiger partial charge in [-0.3, -0.25) is 4.79 Å². The lowest BCUT2D eigenvalue weighted by molar-refractivity contribution is -0.117. The predicted octanol–water partition coefficient (Wildman–Crippen LogP) is 4.05. The minimum atomic E-state index is -0.543. The van der Waals surface area contributed by atoms with E-state index in [0.29, 0.717) is 19.6 Å². The highest BCUT2D eigenvalue weighted by Crippen LogP contribution is 2.21. The van der Waals surface area contributed by atoms with Crippen molar-refractivity contribution in [3.63, 3.8) is 0 Å². The Morgan fingerprint density at radius 2 is 1.91 bits per heavy atom. The molecule has 2 atom stereocenters. The van der Waals surface area contributed by atoms with E-state index < -0.39 is 5.82 Å². The van der Waals surface area contributed by atoms with Crippen LogP contribution in [0.4, 0.5) is 21.8 Å². The monoisotopic (exact) mass is 445 g/mol. The van der Waals surface area contributed by atoms with Crippen LogP contribution in [-0.2, 0) is 9.53 Å². The largest absolute Gasteiger partial charge is 0.491 e. The standard InChI is InChI=1S/C23H32FN5O3/c1-5-16(26-21(30)7-3)14-17(6-2)27-22-20(24)15-25-23(29-22)28-18-8-10-19(11-9-18)32-13-12-31-4/h7-11,15-17H,3,5-6,12-14H2,1-2,4H3,(H,26,30)(H2,25,27,28,29). The Kier molecular flexibility index (Phi) is 10.4. The molecule has 8 nitrogen and oxygen atoms in total. The van der Waals surface area contributed by atoms with Gasteiger partial charge >= 0.3 is 0 Å². The maximum atomic E-state index is 14.4. The van der Waals surface area contributed by atoms with Gasteiger partial charge in [0.05, 0.1) is 12.8 Å². The van der Waals surface area contributed by atoms with Gasteiger partial charge in [0, 0.05) is 24.9 Å². The summed E-state index contributed by atoms with van der Waals surface area (Å²) in [4.78, 5) is 19.9. The highest BCUT2D eigenvalue weighted by Gasteiger charge is 2.18. The summed E-state index contributed by atoms with van der Waals surface area (Å²) in [5.41, 5.74) is 0.742. The fraction of sp³-hybridized carbons (Fsp3) is 0.435. The molecule has 0 spiro atoms. The summed E-state index contributed by atoms with van der Waals surface area (Å²) >= 11 is 0. The number of hydrogen-bond acceptors (Lipinski definition) is 7. The SMILES string of the molecule is C=CC(=O)NC(CC)CC(CC)Nc1nc(Nc2ccc(OCCOC)cc2)ncc1F. The van der Waals surface area contributed by atoms with Crippen LogP contribution in [0.5, 0.6) is 5.75 Å². The summed E-state index contributed by atoms with van der Waals surface area (Å²) < 4.78 is 24.9. The van der Waals surface area contributed by atoms with E-state index in [1.165, 1.54) is 6.08 Å². The Balaban J connectivity index is 2.02. The molecule has 9 heteroatoms. The highest BCUT2D eigenvalue weighted by atomic mass is 19.1. The van der Waals surface area contributed by atoms with Crippen LogP contribution in [0.2, 0.25) is 0 Å². The molecule has 0 aliphatic carbocycles. The topological polar surface area (TPSA) is 97.4 Å². The molecule has 1 aromatic carbocycles. The first-order valence-corrected chi connectivity index (χ1v) is 10.7. The number of rotatable bonds is 14. The number of amides is 1. The molecule has 0 saturated carbocycles. The maximum Gasteiger partial charge on any atom is 0.243 e. The number of halogens is 1. The summed E-state index contributed by atoms with van der Waals surface area (Å²) in [6, 6.07) is 7.15. The van der Waals surface area contributed by atoms with Crippen LogP contribution in [0.1, 0.15) is 33.1 Å². The molecule has 1 heterocycles. The van der Waals surface area contributed by atoms with Crippen LogP contribution in [-0.4, -0.2) is 48.3 Å². The molecule has 0 radical (unpaired) electrons. The van der Waals surface area contributed by atoms with Gasteiger partial charge in [0.2, 0.25) is 11.9 Å². The Hall–Kier alpha value is -3.20. The lowest BCUT2D eigenvalue weighted by Gasteiger charge is -2.24. The van der Waals surface area contributed by atoms with Crippen molar-refractivity contribution in [2.75, 3.05) is 31.0 Å². The Labute approximate surface area is 188 Å². The van der Waals surface area contributed by atoms with Crippen LogP contribution < -0.4 is 20.7 Å². The molecule has 32 heavy (non-hydrogen) atoms. The average molecular weight is 446 g/mol. The van der Waals surface area contributed by atoms with Gasteiger partial charge in [-0.2, -0.15) is 4.98 Å².